The Morgan fingerprint density at radius 3 is 2.56 bits per heavy atom. The summed E-state index contributed by atoms with van der Waals surface area (Å²) >= 11 is 0. The predicted octanol–water partition coefficient (Wildman–Crippen LogP) is 2.46. The molecule has 0 saturated carbocycles. The minimum Gasteiger partial charge on any atom is -0.481 e. The van der Waals surface area contributed by atoms with Gasteiger partial charge in [-0.1, -0.05) is 49.4 Å². The van der Waals surface area contributed by atoms with E-state index in [0.717, 1.165) is 5.56 Å². The fourth-order valence-corrected chi connectivity index (χ4v) is 2.65. The number of carboxylic acid groups (broad SMARTS) is 1. The van der Waals surface area contributed by atoms with E-state index in [0.29, 0.717) is 6.42 Å². The standard InChI is InChI=1S/C19H23NO5/c1-13-7-5-6-10-15(11-17(21)22)19(24)25-12-16(20-18(13)23)14-8-3-2-4-9-14/h2-6,8-9,13,15-16H,7,10-12H2,1H3,(H,20,23)(H,21,22)/b6-5+/t13-,15-,16-/m0/s1. The molecule has 1 aliphatic rings. The van der Waals surface area contributed by atoms with Crippen LogP contribution in [0.3, 0.4) is 0 Å². The molecule has 0 aliphatic carbocycles. The molecule has 1 aromatic rings. The first-order chi connectivity index (χ1) is 12.0. The molecule has 1 aromatic carbocycles. The quantitative estimate of drug-likeness (QED) is 0.648. The van der Waals surface area contributed by atoms with E-state index in [2.05, 4.69) is 5.32 Å². The summed E-state index contributed by atoms with van der Waals surface area (Å²) in [5.41, 5.74) is 0.832. The van der Waals surface area contributed by atoms with Gasteiger partial charge in [-0.05, 0) is 18.4 Å². The normalized spacial score (nSPS) is 26.5. The molecular formula is C19H23NO5. The molecule has 0 radical (unpaired) electrons. The predicted molar refractivity (Wildman–Crippen MR) is 91.6 cm³/mol. The topological polar surface area (TPSA) is 92.7 Å². The summed E-state index contributed by atoms with van der Waals surface area (Å²) < 4.78 is 5.33. The van der Waals surface area contributed by atoms with Crippen LogP contribution in [-0.4, -0.2) is 29.6 Å². The second kappa shape index (κ2) is 9.01. The largest absolute Gasteiger partial charge is 0.481 e. The van der Waals surface area contributed by atoms with Gasteiger partial charge in [-0.15, -0.1) is 0 Å². The Bertz CT molecular complexity index is 640. The number of nitrogens with one attached hydrogen (secondary N) is 1. The van der Waals surface area contributed by atoms with Crippen molar-refractivity contribution in [2.24, 2.45) is 11.8 Å². The molecule has 0 unspecified atom stereocenters. The molecule has 2 rings (SSSR count). The highest BCUT2D eigenvalue weighted by Crippen LogP contribution is 2.19. The number of rotatable bonds is 3. The number of carboxylic acids is 1. The zero-order chi connectivity index (χ0) is 18.2. The summed E-state index contributed by atoms with van der Waals surface area (Å²) in [6.07, 6.45) is 4.10. The third kappa shape index (κ3) is 5.74. The van der Waals surface area contributed by atoms with Crippen LogP contribution in [0.1, 0.15) is 37.8 Å². The van der Waals surface area contributed by atoms with Gasteiger partial charge in [0.2, 0.25) is 5.91 Å². The Hall–Kier alpha value is -2.63. The van der Waals surface area contributed by atoms with Gasteiger partial charge < -0.3 is 15.2 Å². The Morgan fingerprint density at radius 1 is 1.20 bits per heavy atom. The van der Waals surface area contributed by atoms with E-state index in [4.69, 9.17) is 9.84 Å². The molecule has 0 saturated heterocycles. The Labute approximate surface area is 146 Å². The number of ether oxygens (including phenoxy) is 1. The van der Waals surface area contributed by atoms with E-state index in [1.54, 1.807) is 6.08 Å². The number of hydrogen-bond acceptors (Lipinski definition) is 4. The Morgan fingerprint density at radius 2 is 1.88 bits per heavy atom. The highest BCUT2D eigenvalue weighted by Gasteiger charge is 2.25. The maximum atomic E-state index is 12.3. The molecule has 0 spiro atoms. The fraction of sp³-hybridized carbons (Fsp3) is 0.421. The zero-order valence-electron chi connectivity index (χ0n) is 14.2. The van der Waals surface area contributed by atoms with Gasteiger partial charge in [-0.3, -0.25) is 14.4 Å². The summed E-state index contributed by atoms with van der Waals surface area (Å²) in [5, 5.41) is 11.9. The SMILES string of the molecule is C[C@H]1C/C=C/C[C@@H](CC(=O)O)C(=O)OC[C@@H](c2ccccc2)NC1=O. The van der Waals surface area contributed by atoms with Gasteiger partial charge in [0.15, 0.2) is 0 Å². The van der Waals surface area contributed by atoms with Gasteiger partial charge in [-0.25, -0.2) is 0 Å². The van der Waals surface area contributed by atoms with E-state index in [9.17, 15) is 14.4 Å². The summed E-state index contributed by atoms with van der Waals surface area (Å²) in [6.45, 7) is 1.80. The Kier molecular flexibility index (Phi) is 6.74. The van der Waals surface area contributed by atoms with Crippen LogP contribution < -0.4 is 5.32 Å². The van der Waals surface area contributed by atoms with E-state index in [-0.39, 0.29) is 31.3 Å². The minimum absolute atomic E-state index is 0.0266. The molecule has 3 atom stereocenters. The second-order valence-corrected chi connectivity index (χ2v) is 6.24. The first kappa shape index (κ1) is 18.7. The van der Waals surface area contributed by atoms with Gasteiger partial charge in [0.1, 0.15) is 6.61 Å². The van der Waals surface area contributed by atoms with Crippen LogP contribution in [0.25, 0.3) is 0 Å². The third-order valence-electron chi connectivity index (χ3n) is 4.19. The molecule has 6 nitrogen and oxygen atoms in total. The van der Waals surface area contributed by atoms with Gasteiger partial charge >= 0.3 is 11.9 Å². The van der Waals surface area contributed by atoms with Gasteiger partial charge in [0.25, 0.3) is 0 Å². The summed E-state index contributed by atoms with van der Waals surface area (Å²) in [7, 11) is 0. The molecule has 25 heavy (non-hydrogen) atoms. The molecule has 0 fully saturated rings. The van der Waals surface area contributed by atoms with Crippen molar-refractivity contribution in [1.29, 1.82) is 0 Å². The lowest BCUT2D eigenvalue weighted by Crippen LogP contribution is -2.36. The third-order valence-corrected chi connectivity index (χ3v) is 4.19. The molecule has 6 heteroatoms. The molecule has 1 aliphatic heterocycles. The molecule has 1 amide bonds. The van der Waals surface area contributed by atoms with E-state index >= 15 is 0 Å². The van der Waals surface area contributed by atoms with Crippen molar-refractivity contribution in [3.63, 3.8) is 0 Å². The highest BCUT2D eigenvalue weighted by molar-refractivity contribution is 5.80. The lowest BCUT2D eigenvalue weighted by atomic mass is 9.99. The monoisotopic (exact) mass is 345 g/mol. The van der Waals surface area contributed by atoms with Crippen molar-refractivity contribution >= 4 is 17.8 Å². The number of carbonyl (C=O) groups excluding carboxylic acids is 2. The lowest BCUT2D eigenvalue weighted by molar-refractivity contribution is -0.154. The number of allylic oxidation sites excluding steroid dienone is 2. The smallest absolute Gasteiger partial charge is 0.309 e. The van der Waals surface area contributed by atoms with Crippen LogP contribution >= 0.6 is 0 Å². The molecular weight excluding hydrogens is 322 g/mol. The molecule has 2 N–H and O–H groups in total. The zero-order valence-corrected chi connectivity index (χ0v) is 14.2. The molecule has 134 valence electrons. The molecule has 1 heterocycles. The summed E-state index contributed by atoms with van der Waals surface area (Å²) in [4.78, 5) is 35.6. The maximum absolute atomic E-state index is 12.3. The fourth-order valence-electron chi connectivity index (χ4n) is 2.65. The van der Waals surface area contributed by atoms with Crippen LogP contribution in [0, 0.1) is 11.8 Å². The molecule has 0 bridgehead atoms. The summed E-state index contributed by atoms with van der Waals surface area (Å²) in [6, 6.07) is 8.79. The average Bonchev–Trinajstić information content (AvgIpc) is 2.60. The van der Waals surface area contributed by atoms with Crippen molar-refractivity contribution in [1.82, 2.24) is 5.32 Å². The number of benzene rings is 1. The first-order valence-electron chi connectivity index (χ1n) is 8.36. The first-order valence-corrected chi connectivity index (χ1v) is 8.36. The Balaban J connectivity index is 2.21. The van der Waals surface area contributed by atoms with Crippen LogP contribution in [0.2, 0.25) is 0 Å². The number of cyclic esters (lactones) is 1. The summed E-state index contributed by atoms with van der Waals surface area (Å²) in [5.74, 6) is -2.66. The van der Waals surface area contributed by atoms with E-state index < -0.39 is 23.9 Å². The lowest BCUT2D eigenvalue weighted by Gasteiger charge is -2.23. The van der Waals surface area contributed by atoms with Crippen molar-refractivity contribution < 1.29 is 24.2 Å². The van der Waals surface area contributed by atoms with Gasteiger partial charge in [-0.2, -0.15) is 0 Å². The molecule has 0 aromatic heterocycles. The number of amides is 1. The van der Waals surface area contributed by atoms with Crippen molar-refractivity contribution in [3.05, 3.63) is 48.0 Å². The van der Waals surface area contributed by atoms with Crippen LogP contribution in [0.4, 0.5) is 0 Å². The highest BCUT2D eigenvalue weighted by atomic mass is 16.5. The van der Waals surface area contributed by atoms with Crippen LogP contribution in [0.5, 0.6) is 0 Å². The average molecular weight is 345 g/mol. The van der Waals surface area contributed by atoms with E-state index in [1.807, 2.05) is 43.3 Å². The maximum Gasteiger partial charge on any atom is 0.309 e. The van der Waals surface area contributed by atoms with Crippen molar-refractivity contribution in [2.75, 3.05) is 6.61 Å². The number of esters is 1. The number of carbonyl (C=O) groups is 3. The van der Waals surface area contributed by atoms with Gasteiger partial charge in [0.05, 0.1) is 18.4 Å². The number of hydrogen-bond donors (Lipinski definition) is 2. The van der Waals surface area contributed by atoms with Crippen molar-refractivity contribution in [3.8, 4) is 0 Å². The number of aliphatic carboxylic acids is 1. The van der Waals surface area contributed by atoms with Gasteiger partial charge in [0, 0.05) is 5.92 Å². The van der Waals surface area contributed by atoms with E-state index in [1.165, 1.54) is 0 Å². The van der Waals surface area contributed by atoms with Crippen LogP contribution in [-0.2, 0) is 19.1 Å². The van der Waals surface area contributed by atoms with Crippen molar-refractivity contribution in [2.45, 2.75) is 32.2 Å². The second-order valence-electron chi connectivity index (χ2n) is 6.24. The van der Waals surface area contributed by atoms with Crippen LogP contribution in [0.15, 0.2) is 42.5 Å². The minimum atomic E-state index is -1.04.